The molecule has 4 rings (SSSR count). The molecule has 7 heteroatoms. The molecule has 0 spiro atoms. The van der Waals surface area contributed by atoms with E-state index in [1.54, 1.807) is 36.4 Å². The number of aromatic nitrogens is 2. The van der Waals surface area contributed by atoms with Gasteiger partial charge in [-0.05, 0) is 59.5 Å². The average Bonchev–Trinajstić information content (AvgIpc) is 2.78. The first-order chi connectivity index (χ1) is 15.7. The van der Waals surface area contributed by atoms with Crippen LogP contribution in [-0.2, 0) is 10.2 Å². The normalized spacial score (nSPS) is 11.5. The van der Waals surface area contributed by atoms with Crippen molar-refractivity contribution in [1.82, 2.24) is 9.55 Å². The topological polar surface area (TPSA) is 64.0 Å². The summed E-state index contributed by atoms with van der Waals surface area (Å²) in [6, 6.07) is 22.0. The fourth-order valence-corrected chi connectivity index (χ4v) is 4.35. The Morgan fingerprint density at radius 2 is 1.67 bits per heavy atom. The number of amides is 1. The molecule has 0 aliphatic rings. The van der Waals surface area contributed by atoms with E-state index < -0.39 is 0 Å². The van der Waals surface area contributed by atoms with E-state index in [0.29, 0.717) is 26.8 Å². The Labute approximate surface area is 201 Å². The van der Waals surface area contributed by atoms with Crippen molar-refractivity contribution >= 4 is 45.9 Å². The van der Waals surface area contributed by atoms with Crippen LogP contribution in [0.15, 0.2) is 82.7 Å². The molecule has 5 nitrogen and oxygen atoms in total. The van der Waals surface area contributed by atoms with Crippen LogP contribution in [0.25, 0.3) is 16.6 Å². The summed E-state index contributed by atoms with van der Waals surface area (Å²) in [5, 5.41) is 4.45. The molecule has 3 aromatic carbocycles. The van der Waals surface area contributed by atoms with Gasteiger partial charge in [-0.3, -0.25) is 14.2 Å². The van der Waals surface area contributed by atoms with Crippen molar-refractivity contribution in [2.75, 3.05) is 11.1 Å². The van der Waals surface area contributed by atoms with Crippen molar-refractivity contribution in [2.24, 2.45) is 0 Å². The molecule has 1 heterocycles. The summed E-state index contributed by atoms with van der Waals surface area (Å²) in [4.78, 5) is 30.6. The maximum Gasteiger partial charge on any atom is 0.266 e. The first-order valence-corrected chi connectivity index (χ1v) is 11.9. The van der Waals surface area contributed by atoms with Crippen LogP contribution in [0.5, 0.6) is 0 Å². The average molecular weight is 478 g/mol. The molecule has 0 saturated carbocycles. The number of hydrogen-bond donors (Lipinski definition) is 1. The summed E-state index contributed by atoms with van der Waals surface area (Å²) in [6.45, 7) is 6.44. The van der Waals surface area contributed by atoms with Crippen LogP contribution in [0.3, 0.4) is 0 Å². The van der Waals surface area contributed by atoms with Gasteiger partial charge in [0.2, 0.25) is 5.91 Å². The van der Waals surface area contributed by atoms with Gasteiger partial charge in [0.05, 0.1) is 22.3 Å². The molecule has 0 unspecified atom stereocenters. The maximum atomic E-state index is 13.3. The van der Waals surface area contributed by atoms with Crippen molar-refractivity contribution in [3.05, 3.63) is 93.7 Å². The van der Waals surface area contributed by atoms with Crippen molar-refractivity contribution < 1.29 is 4.79 Å². The third-order valence-corrected chi connectivity index (χ3v) is 6.39. The van der Waals surface area contributed by atoms with Crippen molar-refractivity contribution in [3.8, 4) is 5.69 Å². The second kappa shape index (κ2) is 9.41. The highest BCUT2D eigenvalue weighted by Crippen LogP contribution is 2.25. The molecular weight excluding hydrogens is 454 g/mol. The van der Waals surface area contributed by atoms with Gasteiger partial charge in [-0.1, -0.05) is 68.4 Å². The summed E-state index contributed by atoms with van der Waals surface area (Å²) < 4.78 is 1.52. The Morgan fingerprint density at radius 1 is 1.00 bits per heavy atom. The smallest absolute Gasteiger partial charge is 0.266 e. The highest BCUT2D eigenvalue weighted by molar-refractivity contribution is 7.99. The molecule has 1 amide bonds. The number of halogens is 1. The number of nitrogens with one attached hydrogen (secondary N) is 1. The van der Waals surface area contributed by atoms with Crippen LogP contribution in [0.1, 0.15) is 26.3 Å². The van der Waals surface area contributed by atoms with Crippen molar-refractivity contribution in [2.45, 2.75) is 31.3 Å². The summed E-state index contributed by atoms with van der Waals surface area (Å²) in [6.07, 6.45) is 0. The van der Waals surface area contributed by atoms with E-state index in [9.17, 15) is 9.59 Å². The predicted octanol–water partition coefficient (Wildman–Crippen LogP) is 6.07. The lowest BCUT2D eigenvalue weighted by atomic mass is 9.87. The number of hydrogen-bond acceptors (Lipinski definition) is 4. The Balaban J connectivity index is 1.59. The third kappa shape index (κ3) is 5.29. The van der Waals surface area contributed by atoms with Gasteiger partial charge >= 0.3 is 0 Å². The van der Waals surface area contributed by atoms with Gasteiger partial charge in [-0.15, -0.1) is 0 Å². The Bertz CT molecular complexity index is 1360. The van der Waals surface area contributed by atoms with Gasteiger partial charge in [-0.2, -0.15) is 0 Å². The van der Waals surface area contributed by atoms with Crippen LogP contribution < -0.4 is 10.9 Å². The van der Waals surface area contributed by atoms with Gasteiger partial charge < -0.3 is 5.32 Å². The highest BCUT2D eigenvalue weighted by Gasteiger charge is 2.16. The summed E-state index contributed by atoms with van der Waals surface area (Å²) >= 11 is 7.24. The quantitative estimate of drug-likeness (QED) is 0.280. The number of nitrogens with zero attached hydrogens (tertiary/aromatic N) is 2. The largest absolute Gasteiger partial charge is 0.325 e. The highest BCUT2D eigenvalue weighted by atomic mass is 35.5. The lowest BCUT2D eigenvalue weighted by Crippen LogP contribution is -2.23. The summed E-state index contributed by atoms with van der Waals surface area (Å²) in [5.74, 6) is -0.0621. The first kappa shape index (κ1) is 23.1. The maximum absolute atomic E-state index is 13.3. The SMILES string of the molecule is CC(C)(C)c1ccc(NC(=O)CSc2nc3ccccc3c(=O)n2-c2ccc(Cl)cc2)cc1. The molecule has 0 aliphatic carbocycles. The molecule has 1 aromatic heterocycles. The van der Waals surface area contributed by atoms with Crippen molar-refractivity contribution in [3.63, 3.8) is 0 Å². The van der Waals surface area contributed by atoms with E-state index in [4.69, 9.17) is 11.6 Å². The number of carbonyl (C=O) groups is 1. The van der Waals surface area contributed by atoms with Crippen molar-refractivity contribution in [1.29, 1.82) is 0 Å². The molecule has 0 bridgehead atoms. The number of para-hydroxylation sites is 1. The minimum atomic E-state index is -0.191. The molecular formula is C26H24ClN3O2S. The zero-order valence-electron chi connectivity index (χ0n) is 18.6. The van der Waals surface area contributed by atoms with Crippen LogP contribution >= 0.6 is 23.4 Å². The standard InChI is InChI=1S/C26H24ClN3O2S/c1-26(2,3)17-8-12-19(13-9-17)28-23(31)16-33-25-29-22-7-5-4-6-21(22)24(32)30(25)20-14-10-18(27)11-15-20/h4-15H,16H2,1-3H3,(H,28,31). The van der Waals surface area contributed by atoms with Crippen LogP contribution in [0, 0.1) is 0 Å². The monoisotopic (exact) mass is 477 g/mol. The third-order valence-electron chi connectivity index (χ3n) is 5.20. The molecule has 0 fully saturated rings. The number of anilines is 1. The van der Waals surface area contributed by atoms with Gasteiger partial charge in [-0.25, -0.2) is 4.98 Å². The van der Waals surface area contributed by atoms with E-state index in [-0.39, 0.29) is 22.6 Å². The lowest BCUT2D eigenvalue weighted by Gasteiger charge is -2.19. The fourth-order valence-electron chi connectivity index (χ4n) is 3.41. The Hall–Kier alpha value is -3.09. The predicted molar refractivity (Wildman–Crippen MR) is 137 cm³/mol. The van der Waals surface area contributed by atoms with E-state index in [0.717, 1.165) is 5.69 Å². The zero-order valence-corrected chi connectivity index (χ0v) is 20.2. The van der Waals surface area contributed by atoms with E-state index in [1.807, 2.05) is 36.4 Å². The van der Waals surface area contributed by atoms with E-state index >= 15 is 0 Å². The lowest BCUT2D eigenvalue weighted by molar-refractivity contribution is -0.113. The first-order valence-electron chi connectivity index (χ1n) is 10.5. The molecule has 0 aliphatic heterocycles. The molecule has 1 N–H and O–H groups in total. The zero-order chi connectivity index (χ0) is 23.6. The fraction of sp³-hybridized carbons (Fsp3) is 0.192. The van der Waals surface area contributed by atoms with Crippen LogP contribution in [0.2, 0.25) is 5.02 Å². The molecule has 33 heavy (non-hydrogen) atoms. The van der Waals surface area contributed by atoms with Crippen LogP contribution in [0.4, 0.5) is 5.69 Å². The summed E-state index contributed by atoms with van der Waals surface area (Å²) in [5.41, 5.74) is 3.02. The minimum Gasteiger partial charge on any atom is -0.325 e. The molecule has 0 radical (unpaired) electrons. The molecule has 168 valence electrons. The Morgan fingerprint density at radius 3 is 2.33 bits per heavy atom. The second-order valence-electron chi connectivity index (χ2n) is 8.69. The number of benzene rings is 3. The number of fused-ring (bicyclic) bond motifs is 1. The number of carbonyl (C=O) groups excluding carboxylic acids is 1. The number of thioether (sulfide) groups is 1. The summed E-state index contributed by atoms with van der Waals surface area (Å²) in [7, 11) is 0. The second-order valence-corrected chi connectivity index (χ2v) is 10.1. The molecule has 0 atom stereocenters. The minimum absolute atomic E-state index is 0.0471. The van der Waals surface area contributed by atoms with E-state index in [1.165, 1.54) is 21.9 Å². The van der Waals surface area contributed by atoms with Crippen LogP contribution in [-0.4, -0.2) is 21.2 Å². The van der Waals surface area contributed by atoms with Gasteiger partial charge in [0.1, 0.15) is 0 Å². The van der Waals surface area contributed by atoms with E-state index in [2.05, 4.69) is 31.1 Å². The molecule has 4 aromatic rings. The van der Waals surface area contributed by atoms with Gasteiger partial charge in [0.25, 0.3) is 5.56 Å². The van der Waals surface area contributed by atoms with Gasteiger partial charge in [0.15, 0.2) is 5.16 Å². The molecule has 0 saturated heterocycles. The number of rotatable bonds is 5. The Kier molecular flexibility index (Phi) is 6.58. The van der Waals surface area contributed by atoms with Gasteiger partial charge in [0, 0.05) is 10.7 Å².